The Labute approximate surface area is 135 Å². The Hall–Kier alpha value is -2.15. The van der Waals surface area contributed by atoms with E-state index in [1.807, 2.05) is 4.90 Å². The fraction of sp³-hybridized carbons (Fsp3) is 0.562. The number of piperazine rings is 1. The number of benzene rings is 1. The average molecular weight is 319 g/mol. The van der Waals surface area contributed by atoms with E-state index in [1.54, 1.807) is 12.1 Å². The Morgan fingerprint density at radius 3 is 2.26 bits per heavy atom. The molecule has 7 nitrogen and oxygen atoms in total. The molecule has 0 saturated carbocycles. The molecule has 2 aliphatic heterocycles. The summed E-state index contributed by atoms with van der Waals surface area (Å²) in [6, 6.07) is 6.63. The normalized spacial score (nSPS) is 19.1. The highest BCUT2D eigenvalue weighted by Crippen LogP contribution is 2.20. The number of non-ortho nitro benzene ring substituents is 1. The first-order valence-electron chi connectivity index (χ1n) is 8.24. The van der Waals surface area contributed by atoms with E-state index in [2.05, 4.69) is 4.90 Å². The van der Waals surface area contributed by atoms with Crippen molar-refractivity contribution in [3.05, 3.63) is 34.4 Å². The lowest BCUT2D eigenvalue weighted by atomic mass is 10.2. The zero-order valence-corrected chi connectivity index (χ0v) is 13.2. The molecular formula is C16H23N4O3+. The third-order valence-corrected chi connectivity index (χ3v) is 4.77. The van der Waals surface area contributed by atoms with Crippen LogP contribution in [0.2, 0.25) is 0 Å². The van der Waals surface area contributed by atoms with Gasteiger partial charge in [-0.2, -0.15) is 0 Å². The molecule has 0 radical (unpaired) electrons. The smallest absolute Gasteiger partial charge is 0.277 e. The highest BCUT2D eigenvalue weighted by Gasteiger charge is 2.26. The molecule has 2 saturated heterocycles. The van der Waals surface area contributed by atoms with Gasteiger partial charge in [-0.15, -0.1) is 0 Å². The second-order valence-electron chi connectivity index (χ2n) is 6.28. The van der Waals surface area contributed by atoms with Crippen LogP contribution in [0.15, 0.2) is 24.3 Å². The van der Waals surface area contributed by atoms with Crippen LogP contribution in [-0.2, 0) is 4.79 Å². The van der Waals surface area contributed by atoms with E-state index < -0.39 is 0 Å². The van der Waals surface area contributed by atoms with Crippen molar-refractivity contribution in [1.29, 1.82) is 0 Å². The molecule has 124 valence electrons. The first-order chi connectivity index (χ1) is 11.1. The standard InChI is InChI=1S/C16H22N4O3/c21-16(13-17-7-1-2-8-17)19-11-9-18(10-12-19)14-3-5-15(6-4-14)20(22)23/h3-6H,1-2,7-13H2/p+1. The van der Waals surface area contributed by atoms with Gasteiger partial charge in [-0.3, -0.25) is 14.9 Å². The average Bonchev–Trinajstić information content (AvgIpc) is 3.08. The van der Waals surface area contributed by atoms with Gasteiger partial charge in [0.2, 0.25) is 0 Å². The monoisotopic (exact) mass is 319 g/mol. The number of nitrogens with zero attached hydrogens (tertiary/aromatic N) is 3. The maximum absolute atomic E-state index is 12.3. The molecule has 0 bridgehead atoms. The minimum atomic E-state index is -0.388. The van der Waals surface area contributed by atoms with Crippen LogP contribution in [0.25, 0.3) is 0 Å². The first-order valence-corrected chi connectivity index (χ1v) is 8.24. The minimum absolute atomic E-state index is 0.108. The van der Waals surface area contributed by atoms with E-state index in [-0.39, 0.29) is 16.5 Å². The van der Waals surface area contributed by atoms with Crippen LogP contribution in [0.3, 0.4) is 0 Å². The van der Waals surface area contributed by atoms with Gasteiger partial charge < -0.3 is 14.7 Å². The second kappa shape index (κ2) is 6.95. The molecule has 2 heterocycles. The maximum atomic E-state index is 12.3. The fourth-order valence-electron chi connectivity index (χ4n) is 3.38. The SMILES string of the molecule is O=C(C[NH+]1CCCC1)N1CCN(c2ccc([N+](=O)[O-])cc2)CC1. The molecule has 0 aliphatic carbocycles. The summed E-state index contributed by atoms with van der Waals surface area (Å²) in [6.45, 7) is 5.87. The summed E-state index contributed by atoms with van der Waals surface area (Å²) in [7, 11) is 0. The molecule has 7 heteroatoms. The molecule has 1 N–H and O–H groups in total. The highest BCUT2D eigenvalue weighted by molar-refractivity contribution is 5.77. The van der Waals surface area contributed by atoms with Crippen molar-refractivity contribution in [2.45, 2.75) is 12.8 Å². The summed E-state index contributed by atoms with van der Waals surface area (Å²) >= 11 is 0. The van der Waals surface area contributed by atoms with Crippen LogP contribution >= 0.6 is 0 Å². The van der Waals surface area contributed by atoms with Gasteiger partial charge in [0.05, 0.1) is 18.0 Å². The Kier molecular flexibility index (Phi) is 4.76. The molecule has 3 rings (SSSR count). The maximum Gasteiger partial charge on any atom is 0.277 e. The summed E-state index contributed by atoms with van der Waals surface area (Å²) in [4.78, 5) is 28.2. The minimum Gasteiger partial charge on any atom is -0.368 e. The van der Waals surface area contributed by atoms with Crippen molar-refractivity contribution in [3.63, 3.8) is 0 Å². The van der Waals surface area contributed by atoms with Gasteiger partial charge >= 0.3 is 0 Å². The summed E-state index contributed by atoms with van der Waals surface area (Å²) in [5.41, 5.74) is 1.09. The van der Waals surface area contributed by atoms with Crippen molar-refractivity contribution in [2.24, 2.45) is 0 Å². The summed E-state index contributed by atoms with van der Waals surface area (Å²) < 4.78 is 0. The number of rotatable bonds is 4. The van der Waals surface area contributed by atoms with Gasteiger partial charge in [-0.1, -0.05) is 0 Å². The summed E-state index contributed by atoms with van der Waals surface area (Å²) in [5, 5.41) is 10.7. The molecule has 23 heavy (non-hydrogen) atoms. The number of carbonyl (C=O) groups is 1. The topological polar surface area (TPSA) is 71.1 Å². The van der Waals surface area contributed by atoms with Crippen molar-refractivity contribution in [1.82, 2.24) is 4.90 Å². The van der Waals surface area contributed by atoms with Gasteiger partial charge in [0, 0.05) is 56.8 Å². The van der Waals surface area contributed by atoms with Crippen molar-refractivity contribution < 1.29 is 14.6 Å². The van der Waals surface area contributed by atoms with Gasteiger partial charge in [-0.25, -0.2) is 0 Å². The lowest BCUT2D eigenvalue weighted by molar-refractivity contribution is -0.879. The van der Waals surface area contributed by atoms with Crippen molar-refractivity contribution >= 4 is 17.3 Å². The second-order valence-corrected chi connectivity index (χ2v) is 6.28. The molecule has 1 aromatic carbocycles. The van der Waals surface area contributed by atoms with Crippen LogP contribution in [-0.4, -0.2) is 61.5 Å². The molecular weight excluding hydrogens is 296 g/mol. The van der Waals surface area contributed by atoms with E-state index in [4.69, 9.17) is 0 Å². The number of amides is 1. The number of hydrogen-bond donors (Lipinski definition) is 1. The lowest BCUT2D eigenvalue weighted by Crippen LogP contribution is -3.11. The number of nitro groups is 1. The number of nitro benzene ring substituents is 1. The number of likely N-dealkylation sites (tertiary alicyclic amines) is 1. The van der Waals surface area contributed by atoms with Crippen molar-refractivity contribution in [3.8, 4) is 0 Å². The third-order valence-electron chi connectivity index (χ3n) is 4.77. The van der Waals surface area contributed by atoms with Crippen LogP contribution in [0.1, 0.15) is 12.8 Å². The van der Waals surface area contributed by atoms with E-state index in [0.29, 0.717) is 6.54 Å². The molecule has 0 unspecified atom stereocenters. The van der Waals surface area contributed by atoms with Crippen LogP contribution in [0.4, 0.5) is 11.4 Å². The van der Waals surface area contributed by atoms with E-state index >= 15 is 0 Å². The zero-order valence-electron chi connectivity index (χ0n) is 13.2. The molecule has 0 aromatic heterocycles. The van der Waals surface area contributed by atoms with E-state index in [9.17, 15) is 14.9 Å². The Morgan fingerprint density at radius 1 is 1.09 bits per heavy atom. The Balaban J connectivity index is 1.51. The molecule has 1 aromatic rings. The Morgan fingerprint density at radius 2 is 1.70 bits per heavy atom. The largest absolute Gasteiger partial charge is 0.368 e. The number of anilines is 1. The van der Waals surface area contributed by atoms with Gasteiger partial charge in [0.15, 0.2) is 6.54 Å². The van der Waals surface area contributed by atoms with Gasteiger partial charge in [0.25, 0.3) is 11.6 Å². The zero-order chi connectivity index (χ0) is 16.2. The predicted molar refractivity (Wildman–Crippen MR) is 86.7 cm³/mol. The van der Waals surface area contributed by atoms with Crippen molar-refractivity contribution in [2.75, 3.05) is 50.7 Å². The molecule has 1 amide bonds. The van der Waals surface area contributed by atoms with E-state index in [0.717, 1.165) is 45.0 Å². The molecule has 2 aliphatic rings. The number of quaternary nitrogens is 1. The van der Waals surface area contributed by atoms with Gasteiger partial charge in [-0.05, 0) is 12.1 Å². The van der Waals surface area contributed by atoms with Gasteiger partial charge in [0.1, 0.15) is 0 Å². The van der Waals surface area contributed by atoms with Crippen LogP contribution in [0, 0.1) is 10.1 Å². The lowest BCUT2D eigenvalue weighted by Gasteiger charge is -2.36. The molecule has 2 fully saturated rings. The van der Waals surface area contributed by atoms with E-state index in [1.165, 1.54) is 29.9 Å². The molecule has 0 atom stereocenters. The first kappa shape index (κ1) is 15.7. The van der Waals surface area contributed by atoms with Crippen LogP contribution in [0.5, 0.6) is 0 Å². The third kappa shape index (κ3) is 3.79. The predicted octanol–water partition coefficient (Wildman–Crippen LogP) is -0.0779. The van der Waals surface area contributed by atoms with Crippen LogP contribution < -0.4 is 9.80 Å². The number of carbonyl (C=O) groups excluding carboxylic acids is 1. The Bertz CT molecular complexity index is 561. The summed E-state index contributed by atoms with van der Waals surface area (Å²) in [5.74, 6) is 0.255. The summed E-state index contributed by atoms with van der Waals surface area (Å²) in [6.07, 6.45) is 2.47. The quantitative estimate of drug-likeness (QED) is 0.622. The number of hydrogen-bond acceptors (Lipinski definition) is 4. The molecule has 0 spiro atoms. The highest BCUT2D eigenvalue weighted by atomic mass is 16.6. The fourth-order valence-corrected chi connectivity index (χ4v) is 3.38. The number of nitrogens with one attached hydrogen (secondary N) is 1.